The number of halogens is 3. The van der Waals surface area contributed by atoms with Crippen molar-refractivity contribution in [1.29, 1.82) is 0 Å². The second-order valence-electron chi connectivity index (χ2n) is 3.30. The van der Waals surface area contributed by atoms with Crippen molar-refractivity contribution in [2.24, 2.45) is 0 Å². The summed E-state index contributed by atoms with van der Waals surface area (Å²) >= 11 is 15.0. The van der Waals surface area contributed by atoms with Crippen LogP contribution in [0.25, 0.3) is 10.9 Å². The van der Waals surface area contributed by atoms with Crippen molar-refractivity contribution in [2.45, 2.75) is 6.92 Å². The van der Waals surface area contributed by atoms with Gasteiger partial charge < -0.3 is 0 Å². The molecule has 1 aromatic carbocycles. The van der Waals surface area contributed by atoms with Gasteiger partial charge in [-0.3, -0.25) is 9.78 Å². The van der Waals surface area contributed by atoms with Gasteiger partial charge in [-0.15, -0.1) is 0 Å². The molecular formula is C11H6BrCl2NO. The highest BCUT2D eigenvalue weighted by atomic mass is 79.9. The number of benzene rings is 1. The van der Waals surface area contributed by atoms with Gasteiger partial charge in [0.25, 0.3) is 5.24 Å². The minimum Gasteiger partial charge on any atom is -0.275 e. The molecule has 0 bridgehead atoms. The molecule has 0 aliphatic carbocycles. The van der Waals surface area contributed by atoms with Crippen molar-refractivity contribution in [1.82, 2.24) is 4.98 Å². The van der Waals surface area contributed by atoms with Crippen molar-refractivity contribution in [3.63, 3.8) is 0 Å². The van der Waals surface area contributed by atoms with Gasteiger partial charge in [-0.05, 0) is 40.5 Å². The van der Waals surface area contributed by atoms with Crippen LogP contribution in [0.15, 0.2) is 22.7 Å². The van der Waals surface area contributed by atoms with Gasteiger partial charge in [-0.1, -0.05) is 23.7 Å². The molecule has 0 atom stereocenters. The predicted octanol–water partition coefficient (Wildman–Crippen LogP) is 4.34. The number of hydrogen-bond donors (Lipinski definition) is 0. The lowest BCUT2D eigenvalue weighted by molar-refractivity contribution is 0.108. The Morgan fingerprint density at radius 3 is 2.75 bits per heavy atom. The first-order valence-electron chi connectivity index (χ1n) is 4.46. The molecule has 1 aromatic heterocycles. The molecule has 0 radical (unpaired) electrons. The highest BCUT2D eigenvalue weighted by molar-refractivity contribution is 9.10. The molecule has 2 nitrogen and oxygen atoms in total. The second kappa shape index (κ2) is 4.32. The zero-order valence-corrected chi connectivity index (χ0v) is 11.3. The number of fused-ring (bicyclic) bond motifs is 1. The van der Waals surface area contributed by atoms with Gasteiger partial charge in [0.15, 0.2) is 0 Å². The van der Waals surface area contributed by atoms with E-state index in [4.69, 9.17) is 23.2 Å². The minimum absolute atomic E-state index is 0.272. The molecule has 0 spiro atoms. The summed E-state index contributed by atoms with van der Waals surface area (Å²) in [6.07, 6.45) is 0. The fourth-order valence-corrected chi connectivity index (χ4v) is 2.66. The van der Waals surface area contributed by atoms with Crippen LogP contribution in [-0.4, -0.2) is 10.2 Å². The van der Waals surface area contributed by atoms with Gasteiger partial charge in [0, 0.05) is 9.86 Å². The number of para-hydroxylation sites is 1. The number of rotatable bonds is 1. The van der Waals surface area contributed by atoms with Crippen LogP contribution in [0.2, 0.25) is 5.02 Å². The molecule has 0 aliphatic rings. The Bertz CT molecular complexity index is 598. The zero-order chi connectivity index (χ0) is 11.9. The van der Waals surface area contributed by atoms with E-state index in [2.05, 4.69) is 20.9 Å². The average molecular weight is 319 g/mol. The molecule has 0 N–H and O–H groups in total. The highest BCUT2D eigenvalue weighted by Gasteiger charge is 2.16. The number of aryl methyl sites for hydroxylation is 1. The fraction of sp³-hybridized carbons (Fsp3) is 0.0909. The molecule has 5 heteroatoms. The molecule has 0 saturated carbocycles. The standard InChI is InChI=1S/C11H6BrCl2NO/c1-5-8(11(14)16)9(13)6-3-2-4-7(12)10(6)15-5/h2-4H,1H3. The summed E-state index contributed by atoms with van der Waals surface area (Å²) in [6.45, 7) is 1.71. The van der Waals surface area contributed by atoms with E-state index in [9.17, 15) is 4.79 Å². The van der Waals surface area contributed by atoms with Gasteiger partial charge in [0.1, 0.15) is 0 Å². The lowest BCUT2D eigenvalue weighted by Crippen LogP contribution is -1.99. The molecule has 0 amide bonds. The molecule has 2 rings (SSSR count). The van der Waals surface area contributed by atoms with E-state index in [-0.39, 0.29) is 5.56 Å². The molecule has 0 saturated heterocycles. The van der Waals surface area contributed by atoms with Gasteiger partial charge in [-0.25, -0.2) is 0 Å². The van der Waals surface area contributed by atoms with E-state index in [1.165, 1.54) is 0 Å². The molecule has 0 fully saturated rings. The summed E-state index contributed by atoms with van der Waals surface area (Å²) in [5, 5.41) is 0.478. The molecule has 1 heterocycles. The molecule has 2 aromatic rings. The number of nitrogens with zero attached hydrogens (tertiary/aromatic N) is 1. The fourth-order valence-electron chi connectivity index (χ4n) is 1.55. The Labute approximate surface area is 111 Å². The van der Waals surface area contributed by atoms with Crippen LogP contribution in [0.5, 0.6) is 0 Å². The molecular weight excluding hydrogens is 313 g/mol. The zero-order valence-electron chi connectivity index (χ0n) is 8.22. The maximum absolute atomic E-state index is 11.2. The topological polar surface area (TPSA) is 30.0 Å². The lowest BCUT2D eigenvalue weighted by atomic mass is 10.1. The summed E-state index contributed by atoms with van der Waals surface area (Å²) in [5.41, 5.74) is 1.53. The molecule has 16 heavy (non-hydrogen) atoms. The maximum atomic E-state index is 11.2. The Hall–Kier alpha value is -0.640. The van der Waals surface area contributed by atoms with Crippen LogP contribution in [0.3, 0.4) is 0 Å². The van der Waals surface area contributed by atoms with Crippen molar-refractivity contribution in [3.05, 3.63) is 39.0 Å². The van der Waals surface area contributed by atoms with E-state index < -0.39 is 5.24 Å². The number of pyridine rings is 1. The Morgan fingerprint density at radius 1 is 1.44 bits per heavy atom. The van der Waals surface area contributed by atoms with Crippen LogP contribution >= 0.6 is 39.1 Å². The van der Waals surface area contributed by atoms with Crippen LogP contribution in [-0.2, 0) is 0 Å². The minimum atomic E-state index is -0.586. The third kappa shape index (κ3) is 1.83. The second-order valence-corrected chi connectivity index (χ2v) is 4.87. The van der Waals surface area contributed by atoms with E-state index in [1.807, 2.05) is 12.1 Å². The monoisotopic (exact) mass is 317 g/mol. The summed E-state index contributed by atoms with van der Waals surface area (Å²) in [6, 6.07) is 5.50. The van der Waals surface area contributed by atoms with E-state index in [0.29, 0.717) is 16.1 Å². The van der Waals surface area contributed by atoms with E-state index >= 15 is 0 Å². The van der Waals surface area contributed by atoms with Crippen LogP contribution in [0.4, 0.5) is 0 Å². The average Bonchev–Trinajstić information content (AvgIpc) is 2.19. The quantitative estimate of drug-likeness (QED) is 0.732. The third-order valence-electron chi connectivity index (χ3n) is 2.28. The van der Waals surface area contributed by atoms with E-state index in [1.54, 1.807) is 13.0 Å². The predicted molar refractivity (Wildman–Crippen MR) is 69.4 cm³/mol. The first-order valence-corrected chi connectivity index (χ1v) is 6.01. The molecule has 0 aliphatic heterocycles. The summed E-state index contributed by atoms with van der Waals surface area (Å²) < 4.78 is 0.837. The first-order chi connectivity index (χ1) is 7.52. The number of hydrogen-bond acceptors (Lipinski definition) is 2. The SMILES string of the molecule is Cc1nc2c(Br)cccc2c(Cl)c1C(=O)Cl. The van der Waals surface area contributed by atoms with Gasteiger partial charge in [-0.2, -0.15) is 0 Å². The van der Waals surface area contributed by atoms with Crippen molar-refractivity contribution >= 4 is 55.3 Å². The maximum Gasteiger partial charge on any atom is 0.255 e. The number of aromatic nitrogens is 1. The Balaban J connectivity index is 2.94. The smallest absolute Gasteiger partial charge is 0.255 e. The van der Waals surface area contributed by atoms with Crippen molar-refractivity contribution in [2.75, 3.05) is 0 Å². The van der Waals surface area contributed by atoms with Crippen molar-refractivity contribution < 1.29 is 4.79 Å². The summed E-state index contributed by atoms with van der Waals surface area (Å²) in [7, 11) is 0. The summed E-state index contributed by atoms with van der Waals surface area (Å²) in [5.74, 6) is 0. The van der Waals surface area contributed by atoms with Gasteiger partial charge in [0.05, 0.1) is 21.8 Å². The normalized spacial score (nSPS) is 10.8. The third-order valence-corrected chi connectivity index (χ3v) is 3.50. The Morgan fingerprint density at radius 2 is 2.12 bits per heavy atom. The number of carbonyl (C=O) groups is 1. The van der Waals surface area contributed by atoms with Crippen LogP contribution in [0.1, 0.15) is 16.1 Å². The number of carbonyl (C=O) groups excluding carboxylic acids is 1. The summed E-state index contributed by atoms with van der Waals surface area (Å²) in [4.78, 5) is 15.6. The first kappa shape index (κ1) is 11.8. The Kier molecular flexibility index (Phi) is 3.19. The van der Waals surface area contributed by atoms with E-state index in [0.717, 1.165) is 9.99 Å². The molecule has 82 valence electrons. The lowest BCUT2D eigenvalue weighted by Gasteiger charge is -2.08. The van der Waals surface area contributed by atoms with Crippen LogP contribution < -0.4 is 0 Å². The van der Waals surface area contributed by atoms with Gasteiger partial charge >= 0.3 is 0 Å². The van der Waals surface area contributed by atoms with Crippen LogP contribution in [0, 0.1) is 6.92 Å². The van der Waals surface area contributed by atoms with Gasteiger partial charge in [0.2, 0.25) is 0 Å². The highest BCUT2D eigenvalue weighted by Crippen LogP contribution is 2.32. The largest absolute Gasteiger partial charge is 0.275 e. The molecule has 0 unspecified atom stereocenters. The van der Waals surface area contributed by atoms with Crippen molar-refractivity contribution in [3.8, 4) is 0 Å².